The molecule has 0 aromatic rings. The lowest BCUT2D eigenvalue weighted by molar-refractivity contribution is 0.0433. The quantitative estimate of drug-likeness (QED) is 0.727. The summed E-state index contributed by atoms with van der Waals surface area (Å²) >= 11 is 0. The van der Waals surface area contributed by atoms with Crippen LogP contribution >= 0.6 is 0 Å². The lowest BCUT2D eigenvalue weighted by Gasteiger charge is -2.45. The van der Waals surface area contributed by atoms with Crippen LogP contribution in [0.3, 0.4) is 0 Å². The van der Waals surface area contributed by atoms with Gasteiger partial charge in [-0.2, -0.15) is 0 Å². The van der Waals surface area contributed by atoms with Crippen molar-refractivity contribution in [3.8, 4) is 0 Å². The number of rotatable bonds is 3. The average molecular weight is 184 g/mol. The van der Waals surface area contributed by atoms with Gasteiger partial charge < -0.3 is 5.73 Å². The summed E-state index contributed by atoms with van der Waals surface area (Å²) in [6, 6.07) is 0.771. The molecule has 0 aromatic heterocycles. The second-order valence-corrected chi connectivity index (χ2v) is 4.77. The van der Waals surface area contributed by atoms with Gasteiger partial charge >= 0.3 is 0 Å². The van der Waals surface area contributed by atoms with Crippen LogP contribution in [0.5, 0.6) is 0 Å². The summed E-state index contributed by atoms with van der Waals surface area (Å²) in [5.41, 5.74) is 6.01. The summed E-state index contributed by atoms with van der Waals surface area (Å²) in [6.45, 7) is 8.82. The van der Waals surface area contributed by atoms with E-state index in [9.17, 15) is 0 Å². The molecule has 2 N–H and O–H groups in total. The van der Waals surface area contributed by atoms with Crippen LogP contribution in [-0.2, 0) is 0 Å². The lowest BCUT2D eigenvalue weighted by atomic mass is 9.92. The van der Waals surface area contributed by atoms with E-state index in [1.807, 2.05) is 0 Å². The first-order chi connectivity index (χ1) is 6.11. The largest absolute Gasteiger partial charge is 0.329 e. The van der Waals surface area contributed by atoms with Crippen LogP contribution in [0.4, 0.5) is 0 Å². The molecule has 1 atom stereocenters. The summed E-state index contributed by atoms with van der Waals surface area (Å²) in [4.78, 5) is 2.61. The highest BCUT2D eigenvalue weighted by molar-refractivity contribution is 4.89. The van der Waals surface area contributed by atoms with Crippen molar-refractivity contribution < 1.29 is 0 Å². The van der Waals surface area contributed by atoms with Crippen LogP contribution in [0.2, 0.25) is 0 Å². The molecule has 0 saturated carbocycles. The van der Waals surface area contributed by atoms with E-state index >= 15 is 0 Å². The fraction of sp³-hybridized carbons (Fsp3) is 1.00. The number of likely N-dealkylation sites (tertiary alicyclic amines) is 1. The molecule has 1 unspecified atom stereocenters. The third kappa shape index (κ3) is 2.44. The Labute approximate surface area is 82.5 Å². The van der Waals surface area contributed by atoms with Gasteiger partial charge in [0.15, 0.2) is 0 Å². The van der Waals surface area contributed by atoms with E-state index in [0.717, 1.165) is 12.6 Å². The second kappa shape index (κ2) is 4.43. The first kappa shape index (κ1) is 11.0. The number of nitrogens with zero attached hydrogens (tertiary/aromatic N) is 1. The Balaban J connectivity index is 2.63. The molecule has 0 bridgehead atoms. The van der Waals surface area contributed by atoms with Gasteiger partial charge in [-0.05, 0) is 39.7 Å². The van der Waals surface area contributed by atoms with Gasteiger partial charge in [-0.3, -0.25) is 4.90 Å². The minimum Gasteiger partial charge on any atom is -0.329 e. The van der Waals surface area contributed by atoms with Crippen LogP contribution in [0.25, 0.3) is 0 Å². The van der Waals surface area contributed by atoms with Crippen molar-refractivity contribution in [1.29, 1.82) is 0 Å². The molecule has 1 aliphatic heterocycles. The highest BCUT2D eigenvalue weighted by Crippen LogP contribution is 2.26. The molecular formula is C11H24N2. The minimum absolute atomic E-state index is 0.196. The average Bonchev–Trinajstić information content (AvgIpc) is 2.18. The highest BCUT2D eigenvalue weighted by Gasteiger charge is 2.31. The first-order valence-corrected chi connectivity index (χ1v) is 5.58. The Morgan fingerprint density at radius 1 is 1.38 bits per heavy atom. The third-order valence-electron chi connectivity index (χ3n) is 3.38. The van der Waals surface area contributed by atoms with Crippen LogP contribution in [0.1, 0.15) is 46.5 Å². The van der Waals surface area contributed by atoms with Crippen molar-refractivity contribution in [3.05, 3.63) is 0 Å². The van der Waals surface area contributed by atoms with Crippen molar-refractivity contribution in [1.82, 2.24) is 4.90 Å². The van der Waals surface area contributed by atoms with Gasteiger partial charge in [0.25, 0.3) is 0 Å². The lowest BCUT2D eigenvalue weighted by Crippen LogP contribution is -2.55. The fourth-order valence-corrected chi connectivity index (χ4v) is 2.34. The fourth-order valence-electron chi connectivity index (χ4n) is 2.34. The maximum Gasteiger partial charge on any atom is 0.0278 e. The molecule has 1 aliphatic rings. The van der Waals surface area contributed by atoms with E-state index in [2.05, 4.69) is 25.7 Å². The smallest absolute Gasteiger partial charge is 0.0278 e. The standard InChI is InChI=1S/C11H24N2/c1-4-10-7-5-6-8-13(10)11(2,3)9-12/h10H,4-9,12H2,1-3H3. The Morgan fingerprint density at radius 2 is 2.08 bits per heavy atom. The molecule has 1 fully saturated rings. The van der Waals surface area contributed by atoms with Gasteiger partial charge in [0.2, 0.25) is 0 Å². The minimum atomic E-state index is 0.196. The molecule has 0 aliphatic carbocycles. The van der Waals surface area contributed by atoms with Gasteiger partial charge in [0.05, 0.1) is 0 Å². The molecule has 2 heteroatoms. The van der Waals surface area contributed by atoms with Crippen molar-refractivity contribution >= 4 is 0 Å². The molecule has 0 spiro atoms. The first-order valence-electron chi connectivity index (χ1n) is 5.58. The SMILES string of the molecule is CCC1CCCCN1C(C)(C)CN. The zero-order chi connectivity index (χ0) is 9.90. The highest BCUT2D eigenvalue weighted by atomic mass is 15.2. The zero-order valence-electron chi connectivity index (χ0n) is 9.34. The summed E-state index contributed by atoms with van der Waals surface area (Å²) < 4.78 is 0. The van der Waals surface area contributed by atoms with E-state index in [0.29, 0.717) is 0 Å². The molecule has 13 heavy (non-hydrogen) atoms. The van der Waals surface area contributed by atoms with Crippen LogP contribution in [-0.4, -0.2) is 29.6 Å². The van der Waals surface area contributed by atoms with E-state index in [1.54, 1.807) is 0 Å². The second-order valence-electron chi connectivity index (χ2n) is 4.77. The summed E-state index contributed by atoms with van der Waals surface area (Å²) in [5, 5.41) is 0. The van der Waals surface area contributed by atoms with Crippen LogP contribution < -0.4 is 5.73 Å². The molecule has 1 saturated heterocycles. The predicted octanol–water partition coefficient (Wildman–Crippen LogP) is 1.99. The van der Waals surface area contributed by atoms with E-state index in [-0.39, 0.29) is 5.54 Å². The molecule has 78 valence electrons. The van der Waals surface area contributed by atoms with Crippen molar-refractivity contribution in [3.63, 3.8) is 0 Å². The summed E-state index contributed by atoms with van der Waals surface area (Å²) in [7, 11) is 0. The van der Waals surface area contributed by atoms with E-state index in [4.69, 9.17) is 5.73 Å². The summed E-state index contributed by atoms with van der Waals surface area (Å²) in [5.74, 6) is 0. The number of piperidine rings is 1. The van der Waals surface area contributed by atoms with Gasteiger partial charge in [-0.25, -0.2) is 0 Å². The Bertz CT molecular complexity index is 154. The Kier molecular flexibility index (Phi) is 3.74. The van der Waals surface area contributed by atoms with E-state index < -0.39 is 0 Å². The number of hydrogen-bond acceptors (Lipinski definition) is 2. The maximum absolute atomic E-state index is 5.81. The third-order valence-corrected chi connectivity index (χ3v) is 3.38. The molecule has 2 nitrogen and oxygen atoms in total. The van der Waals surface area contributed by atoms with Gasteiger partial charge in [0, 0.05) is 18.1 Å². The Morgan fingerprint density at radius 3 is 2.62 bits per heavy atom. The van der Waals surface area contributed by atoms with Crippen molar-refractivity contribution in [2.75, 3.05) is 13.1 Å². The summed E-state index contributed by atoms with van der Waals surface area (Å²) in [6.07, 6.45) is 5.37. The monoisotopic (exact) mass is 184 g/mol. The molecule has 0 radical (unpaired) electrons. The van der Waals surface area contributed by atoms with Crippen molar-refractivity contribution in [2.24, 2.45) is 5.73 Å². The molecule has 1 heterocycles. The predicted molar refractivity (Wildman–Crippen MR) is 57.8 cm³/mol. The molecule has 0 aromatic carbocycles. The normalized spacial score (nSPS) is 26.3. The van der Waals surface area contributed by atoms with E-state index in [1.165, 1.54) is 32.2 Å². The van der Waals surface area contributed by atoms with Gasteiger partial charge in [0.1, 0.15) is 0 Å². The van der Waals surface area contributed by atoms with Gasteiger partial charge in [-0.15, -0.1) is 0 Å². The molecule has 0 amide bonds. The van der Waals surface area contributed by atoms with Crippen molar-refractivity contribution in [2.45, 2.75) is 58.0 Å². The van der Waals surface area contributed by atoms with Gasteiger partial charge in [-0.1, -0.05) is 13.3 Å². The number of hydrogen-bond donors (Lipinski definition) is 1. The Hall–Kier alpha value is -0.0800. The topological polar surface area (TPSA) is 29.3 Å². The van der Waals surface area contributed by atoms with Crippen LogP contribution in [0, 0.1) is 0 Å². The maximum atomic E-state index is 5.81. The van der Waals surface area contributed by atoms with Crippen LogP contribution in [0.15, 0.2) is 0 Å². The molecular weight excluding hydrogens is 160 g/mol. The number of nitrogens with two attached hydrogens (primary N) is 1. The molecule has 1 rings (SSSR count). The zero-order valence-corrected chi connectivity index (χ0v) is 9.34.